The first-order valence-electron chi connectivity index (χ1n) is 10.1. The molecule has 2 aliphatic rings. The molecule has 0 radical (unpaired) electrons. The van der Waals surface area contributed by atoms with Gasteiger partial charge in [0.2, 0.25) is 16.2 Å². The standard InChI is InChI=1S/C20H29N5OS/c1-14-6-5-7-17(15(14)2)21-18(26)16-8-12-25(13-9-16)20-23-22-19(27-20)24-10-3-4-11-24/h3-4,10-11,14-17H,5-9,12-13H2,1-2H3,(H,21,26)/t14-,15-,17-/m1/s1. The van der Waals surface area contributed by atoms with E-state index in [-0.39, 0.29) is 11.8 Å². The quantitative estimate of drug-likeness (QED) is 0.872. The van der Waals surface area contributed by atoms with E-state index in [9.17, 15) is 4.79 Å². The van der Waals surface area contributed by atoms with Gasteiger partial charge in [-0.05, 0) is 43.2 Å². The van der Waals surface area contributed by atoms with Crippen LogP contribution in [0, 0.1) is 17.8 Å². The number of aromatic nitrogens is 3. The molecule has 0 spiro atoms. The molecular formula is C20H29N5OS. The second-order valence-corrected chi connectivity index (χ2v) is 9.04. The lowest BCUT2D eigenvalue weighted by Gasteiger charge is -2.36. The second kappa shape index (κ2) is 8.00. The van der Waals surface area contributed by atoms with Crippen LogP contribution in [0.15, 0.2) is 24.5 Å². The van der Waals surface area contributed by atoms with Gasteiger partial charge in [-0.3, -0.25) is 9.36 Å². The molecule has 1 N–H and O–H groups in total. The average molecular weight is 388 g/mol. The van der Waals surface area contributed by atoms with E-state index >= 15 is 0 Å². The Balaban J connectivity index is 1.30. The lowest BCUT2D eigenvalue weighted by molar-refractivity contribution is -0.127. The fraction of sp³-hybridized carbons (Fsp3) is 0.650. The van der Waals surface area contributed by atoms with Crippen LogP contribution in [0.4, 0.5) is 5.13 Å². The van der Waals surface area contributed by atoms with Gasteiger partial charge in [0, 0.05) is 37.4 Å². The minimum absolute atomic E-state index is 0.127. The molecule has 3 heterocycles. The van der Waals surface area contributed by atoms with Gasteiger partial charge < -0.3 is 10.2 Å². The van der Waals surface area contributed by atoms with E-state index in [2.05, 4.69) is 34.3 Å². The van der Waals surface area contributed by atoms with Crippen molar-refractivity contribution in [1.82, 2.24) is 20.1 Å². The molecule has 7 heteroatoms. The third-order valence-corrected chi connectivity index (χ3v) is 7.40. The van der Waals surface area contributed by atoms with E-state index in [0.29, 0.717) is 17.9 Å². The van der Waals surface area contributed by atoms with Gasteiger partial charge in [-0.1, -0.05) is 38.0 Å². The lowest BCUT2D eigenvalue weighted by Crippen LogP contribution is -2.48. The summed E-state index contributed by atoms with van der Waals surface area (Å²) in [6, 6.07) is 4.32. The Morgan fingerprint density at radius 2 is 1.78 bits per heavy atom. The Hall–Kier alpha value is -1.89. The van der Waals surface area contributed by atoms with E-state index < -0.39 is 0 Å². The Morgan fingerprint density at radius 1 is 1.07 bits per heavy atom. The average Bonchev–Trinajstić information content (AvgIpc) is 3.37. The van der Waals surface area contributed by atoms with Crippen LogP contribution in [0.3, 0.4) is 0 Å². The third kappa shape index (κ3) is 4.03. The summed E-state index contributed by atoms with van der Waals surface area (Å²) in [5, 5.41) is 13.8. The zero-order valence-electron chi connectivity index (χ0n) is 16.2. The van der Waals surface area contributed by atoms with Gasteiger partial charge >= 0.3 is 0 Å². The predicted octanol–water partition coefficient (Wildman–Crippen LogP) is 3.49. The number of hydrogen-bond donors (Lipinski definition) is 1. The Labute approximate surface area is 165 Å². The van der Waals surface area contributed by atoms with Crippen molar-refractivity contribution in [3.63, 3.8) is 0 Å². The molecule has 2 aromatic rings. The SMILES string of the molecule is C[C@@H]1[C@H](C)CCC[C@H]1NC(=O)C1CCN(c2nnc(-n3cccc3)s2)CC1. The topological polar surface area (TPSA) is 63.1 Å². The number of anilines is 1. The van der Waals surface area contributed by atoms with Crippen molar-refractivity contribution in [1.29, 1.82) is 0 Å². The fourth-order valence-electron chi connectivity index (χ4n) is 4.32. The van der Waals surface area contributed by atoms with Crippen LogP contribution < -0.4 is 10.2 Å². The number of rotatable bonds is 4. The van der Waals surface area contributed by atoms with Crippen LogP contribution in [0.25, 0.3) is 5.13 Å². The zero-order valence-corrected chi connectivity index (χ0v) is 17.0. The molecular weight excluding hydrogens is 358 g/mol. The summed E-state index contributed by atoms with van der Waals surface area (Å²) < 4.78 is 1.98. The first kappa shape index (κ1) is 18.5. The van der Waals surface area contributed by atoms with Crippen molar-refractivity contribution in [3.05, 3.63) is 24.5 Å². The number of nitrogens with one attached hydrogen (secondary N) is 1. The molecule has 4 rings (SSSR count). The van der Waals surface area contributed by atoms with Gasteiger partial charge in [0.05, 0.1) is 0 Å². The summed E-state index contributed by atoms with van der Waals surface area (Å²) in [6.07, 6.45) is 9.39. The highest BCUT2D eigenvalue weighted by Crippen LogP contribution is 2.31. The molecule has 3 atom stereocenters. The molecule has 1 amide bonds. The van der Waals surface area contributed by atoms with Crippen LogP contribution >= 0.6 is 11.3 Å². The molecule has 146 valence electrons. The maximum absolute atomic E-state index is 12.8. The van der Waals surface area contributed by atoms with Crippen molar-refractivity contribution in [3.8, 4) is 5.13 Å². The van der Waals surface area contributed by atoms with Crippen LogP contribution in [-0.2, 0) is 4.79 Å². The number of carbonyl (C=O) groups excluding carboxylic acids is 1. The fourth-order valence-corrected chi connectivity index (χ4v) is 5.19. The summed E-state index contributed by atoms with van der Waals surface area (Å²) in [7, 11) is 0. The molecule has 1 saturated carbocycles. The molecule has 6 nitrogen and oxygen atoms in total. The van der Waals surface area contributed by atoms with Crippen LogP contribution in [0.1, 0.15) is 46.0 Å². The summed E-state index contributed by atoms with van der Waals surface area (Å²) in [5.74, 6) is 1.67. The van der Waals surface area contributed by atoms with Gasteiger partial charge in [-0.25, -0.2) is 0 Å². The maximum Gasteiger partial charge on any atom is 0.223 e. The first-order valence-corrected chi connectivity index (χ1v) is 11.0. The van der Waals surface area contributed by atoms with Crippen LogP contribution in [-0.4, -0.2) is 39.8 Å². The van der Waals surface area contributed by atoms with Crippen molar-refractivity contribution in [2.45, 2.75) is 52.0 Å². The van der Waals surface area contributed by atoms with Gasteiger partial charge in [0.15, 0.2) is 0 Å². The summed E-state index contributed by atoms with van der Waals surface area (Å²) in [6.45, 7) is 6.34. The summed E-state index contributed by atoms with van der Waals surface area (Å²) in [4.78, 5) is 15.0. The Kier molecular flexibility index (Phi) is 5.48. The van der Waals surface area contributed by atoms with E-state index in [1.165, 1.54) is 12.8 Å². The summed E-state index contributed by atoms with van der Waals surface area (Å²) in [5.41, 5.74) is 0. The van der Waals surface area contributed by atoms with Gasteiger partial charge in [0.25, 0.3) is 0 Å². The summed E-state index contributed by atoms with van der Waals surface area (Å²) >= 11 is 1.60. The van der Waals surface area contributed by atoms with E-state index in [4.69, 9.17) is 0 Å². The number of amides is 1. The van der Waals surface area contributed by atoms with E-state index in [0.717, 1.165) is 42.6 Å². The normalized spacial score (nSPS) is 26.9. The third-order valence-electron chi connectivity index (χ3n) is 6.40. The molecule has 1 saturated heterocycles. The molecule has 0 unspecified atom stereocenters. The minimum Gasteiger partial charge on any atom is -0.353 e. The lowest BCUT2D eigenvalue weighted by atomic mass is 9.78. The number of piperidine rings is 1. The van der Waals surface area contributed by atoms with Crippen molar-refractivity contribution in [2.75, 3.05) is 18.0 Å². The molecule has 2 aromatic heterocycles. The van der Waals surface area contributed by atoms with Crippen LogP contribution in [0.5, 0.6) is 0 Å². The predicted molar refractivity (Wildman–Crippen MR) is 108 cm³/mol. The van der Waals surface area contributed by atoms with Gasteiger partial charge in [0.1, 0.15) is 0 Å². The number of nitrogens with zero attached hydrogens (tertiary/aromatic N) is 4. The van der Waals surface area contributed by atoms with Crippen LogP contribution in [0.2, 0.25) is 0 Å². The molecule has 1 aliphatic heterocycles. The van der Waals surface area contributed by atoms with Gasteiger partial charge in [-0.15, -0.1) is 10.2 Å². The highest BCUT2D eigenvalue weighted by atomic mass is 32.1. The molecule has 2 fully saturated rings. The van der Waals surface area contributed by atoms with Crippen molar-refractivity contribution < 1.29 is 4.79 Å². The van der Waals surface area contributed by atoms with Crippen molar-refractivity contribution in [2.24, 2.45) is 17.8 Å². The maximum atomic E-state index is 12.8. The molecule has 1 aliphatic carbocycles. The number of hydrogen-bond acceptors (Lipinski definition) is 5. The monoisotopic (exact) mass is 387 g/mol. The number of carbonyl (C=O) groups is 1. The second-order valence-electron chi connectivity index (χ2n) is 8.10. The Morgan fingerprint density at radius 3 is 2.52 bits per heavy atom. The molecule has 0 aromatic carbocycles. The minimum atomic E-state index is 0.127. The molecule has 27 heavy (non-hydrogen) atoms. The largest absolute Gasteiger partial charge is 0.353 e. The van der Waals surface area contributed by atoms with E-state index in [1.807, 2.05) is 29.1 Å². The Bertz CT molecular complexity index is 750. The smallest absolute Gasteiger partial charge is 0.223 e. The first-order chi connectivity index (χ1) is 13.1. The zero-order chi connectivity index (χ0) is 18.8. The van der Waals surface area contributed by atoms with E-state index in [1.54, 1.807) is 11.3 Å². The highest BCUT2D eigenvalue weighted by molar-refractivity contribution is 7.17. The van der Waals surface area contributed by atoms with Gasteiger partial charge in [-0.2, -0.15) is 0 Å². The molecule has 0 bridgehead atoms. The highest BCUT2D eigenvalue weighted by Gasteiger charge is 2.32. The van der Waals surface area contributed by atoms with Crippen molar-refractivity contribution >= 4 is 22.4 Å².